The molecule has 0 aromatic heterocycles. The number of carbonyl (C=O) groups excluding carboxylic acids is 1. The molecule has 0 bridgehead atoms. The largest absolute Gasteiger partial charge is 0.504 e. The molecule has 0 aliphatic carbocycles. The lowest BCUT2D eigenvalue weighted by atomic mass is 10.2. The van der Waals surface area contributed by atoms with E-state index in [0.29, 0.717) is 32.0 Å². The Kier molecular flexibility index (Phi) is 7.14. The minimum absolute atomic E-state index is 0.0996. The van der Waals surface area contributed by atoms with Gasteiger partial charge in [-0.05, 0) is 49.2 Å². The van der Waals surface area contributed by atoms with Crippen LogP contribution in [0.3, 0.4) is 0 Å². The summed E-state index contributed by atoms with van der Waals surface area (Å²) < 4.78 is 10.5. The highest BCUT2D eigenvalue weighted by Gasteiger charge is 2.13. The minimum Gasteiger partial charge on any atom is -0.504 e. The molecule has 2 aromatic rings. The van der Waals surface area contributed by atoms with Crippen molar-refractivity contribution < 1.29 is 19.4 Å². The highest BCUT2D eigenvalue weighted by molar-refractivity contribution is 5.74. The summed E-state index contributed by atoms with van der Waals surface area (Å²) in [6, 6.07) is 12.6. The Morgan fingerprint density at radius 1 is 1.12 bits per heavy atom. The number of hydrogen-bond acceptors (Lipinski definition) is 4. The van der Waals surface area contributed by atoms with Crippen LogP contribution in [-0.2, 0) is 13.1 Å². The van der Waals surface area contributed by atoms with Crippen molar-refractivity contribution >= 4 is 6.03 Å². The molecule has 2 rings (SSSR count). The van der Waals surface area contributed by atoms with Gasteiger partial charge in [0.15, 0.2) is 11.5 Å². The molecule has 0 unspecified atom stereocenters. The first-order valence-electron chi connectivity index (χ1n) is 8.67. The smallest absolute Gasteiger partial charge is 0.317 e. The molecule has 0 saturated heterocycles. The number of rotatable bonds is 8. The Labute approximate surface area is 154 Å². The second-order valence-corrected chi connectivity index (χ2v) is 5.76. The normalized spacial score (nSPS) is 10.3. The van der Waals surface area contributed by atoms with Crippen LogP contribution in [0, 0.1) is 0 Å². The average Bonchev–Trinajstić information content (AvgIpc) is 2.67. The number of hydrogen-bond donors (Lipinski definition) is 2. The van der Waals surface area contributed by atoms with Crippen LogP contribution in [0.15, 0.2) is 42.5 Å². The van der Waals surface area contributed by atoms with Crippen LogP contribution in [0.1, 0.15) is 25.0 Å². The third-order valence-corrected chi connectivity index (χ3v) is 3.97. The summed E-state index contributed by atoms with van der Waals surface area (Å²) in [5.41, 5.74) is 1.89. The monoisotopic (exact) mass is 358 g/mol. The van der Waals surface area contributed by atoms with Gasteiger partial charge in [-0.25, -0.2) is 4.79 Å². The van der Waals surface area contributed by atoms with E-state index in [1.165, 1.54) is 0 Å². The number of carbonyl (C=O) groups is 1. The zero-order valence-electron chi connectivity index (χ0n) is 15.5. The van der Waals surface area contributed by atoms with Crippen molar-refractivity contribution in [1.29, 1.82) is 0 Å². The SMILES string of the molecule is CCOc1cc(CN(CC)C(=O)NCc2ccc(OC)cc2)ccc1O. The average molecular weight is 358 g/mol. The molecule has 6 heteroatoms. The molecule has 0 aliphatic heterocycles. The van der Waals surface area contributed by atoms with Gasteiger partial charge in [-0.2, -0.15) is 0 Å². The third-order valence-electron chi connectivity index (χ3n) is 3.97. The van der Waals surface area contributed by atoms with Crippen LogP contribution in [-0.4, -0.2) is 36.3 Å². The maximum absolute atomic E-state index is 12.5. The number of aromatic hydroxyl groups is 1. The highest BCUT2D eigenvalue weighted by atomic mass is 16.5. The van der Waals surface area contributed by atoms with E-state index in [2.05, 4.69) is 5.32 Å². The molecule has 0 heterocycles. The van der Waals surface area contributed by atoms with Crippen LogP contribution in [0.5, 0.6) is 17.2 Å². The lowest BCUT2D eigenvalue weighted by molar-refractivity contribution is 0.197. The molecule has 0 fully saturated rings. The van der Waals surface area contributed by atoms with E-state index in [0.717, 1.165) is 16.9 Å². The van der Waals surface area contributed by atoms with E-state index in [-0.39, 0.29) is 11.8 Å². The molecule has 140 valence electrons. The summed E-state index contributed by atoms with van der Waals surface area (Å²) >= 11 is 0. The molecule has 2 N–H and O–H groups in total. The second kappa shape index (κ2) is 9.56. The number of methoxy groups -OCH3 is 1. The van der Waals surface area contributed by atoms with Gasteiger partial charge in [0.05, 0.1) is 13.7 Å². The van der Waals surface area contributed by atoms with E-state index < -0.39 is 0 Å². The van der Waals surface area contributed by atoms with E-state index in [9.17, 15) is 9.90 Å². The molecular formula is C20H26N2O4. The molecule has 0 saturated carbocycles. The number of phenols is 1. The highest BCUT2D eigenvalue weighted by Crippen LogP contribution is 2.27. The maximum Gasteiger partial charge on any atom is 0.317 e. The summed E-state index contributed by atoms with van der Waals surface area (Å²) in [7, 11) is 1.62. The molecule has 6 nitrogen and oxygen atoms in total. The standard InChI is InChI=1S/C20H26N2O4/c1-4-22(14-16-8-11-18(23)19(12-16)26-5-2)20(24)21-13-15-6-9-17(25-3)10-7-15/h6-12,23H,4-5,13-14H2,1-3H3,(H,21,24). The Bertz CT molecular complexity index is 716. The zero-order chi connectivity index (χ0) is 18.9. The summed E-state index contributed by atoms with van der Waals surface area (Å²) in [4.78, 5) is 14.2. The van der Waals surface area contributed by atoms with Gasteiger partial charge in [0, 0.05) is 19.6 Å². The topological polar surface area (TPSA) is 71.0 Å². The van der Waals surface area contributed by atoms with Gasteiger partial charge < -0.3 is 24.8 Å². The van der Waals surface area contributed by atoms with Gasteiger partial charge in [0.25, 0.3) is 0 Å². The fourth-order valence-corrected chi connectivity index (χ4v) is 2.51. The Morgan fingerprint density at radius 3 is 2.42 bits per heavy atom. The van der Waals surface area contributed by atoms with Crippen molar-refractivity contribution in [3.8, 4) is 17.2 Å². The predicted molar refractivity (Wildman–Crippen MR) is 101 cm³/mol. The number of nitrogens with one attached hydrogen (secondary N) is 1. The number of urea groups is 1. The molecule has 26 heavy (non-hydrogen) atoms. The Balaban J connectivity index is 1.96. The van der Waals surface area contributed by atoms with Crippen molar-refractivity contribution in [3.63, 3.8) is 0 Å². The first-order valence-corrected chi connectivity index (χ1v) is 8.67. The second-order valence-electron chi connectivity index (χ2n) is 5.76. The number of nitrogens with zero attached hydrogens (tertiary/aromatic N) is 1. The Hall–Kier alpha value is -2.89. The van der Waals surface area contributed by atoms with E-state index in [4.69, 9.17) is 9.47 Å². The van der Waals surface area contributed by atoms with Crippen molar-refractivity contribution in [3.05, 3.63) is 53.6 Å². The quantitative estimate of drug-likeness (QED) is 0.757. The van der Waals surface area contributed by atoms with Crippen LogP contribution < -0.4 is 14.8 Å². The zero-order valence-corrected chi connectivity index (χ0v) is 15.5. The van der Waals surface area contributed by atoms with Crippen LogP contribution in [0.25, 0.3) is 0 Å². The summed E-state index contributed by atoms with van der Waals surface area (Å²) in [6.07, 6.45) is 0. The van der Waals surface area contributed by atoms with Crippen LogP contribution in [0.2, 0.25) is 0 Å². The lowest BCUT2D eigenvalue weighted by Crippen LogP contribution is -2.39. The molecule has 0 aliphatic rings. The van der Waals surface area contributed by atoms with Crippen molar-refractivity contribution in [2.45, 2.75) is 26.9 Å². The van der Waals surface area contributed by atoms with Gasteiger partial charge in [-0.15, -0.1) is 0 Å². The minimum atomic E-state index is -0.144. The molecule has 0 radical (unpaired) electrons. The number of ether oxygens (including phenoxy) is 2. The third kappa shape index (κ3) is 5.31. The molecule has 2 aromatic carbocycles. The number of amides is 2. The summed E-state index contributed by atoms with van der Waals surface area (Å²) in [5.74, 6) is 1.31. The van der Waals surface area contributed by atoms with Crippen molar-refractivity contribution in [2.75, 3.05) is 20.3 Å². The molecule has 0 spiro atoms. The lowest BCUT2D eigenvalue weighted by Gasteiger charge is -2.22. The van der Waals surface area contributed by atoms with E-state index in [1.54, 1.807) is 30.2 Å². The first-order chi connectivity index (χ1) is 12.6. The van der Waals surface area contributed by atoms with Crippen molar-refractivity contribution in [1.82, 2.24) is 10.2 Å². The Morgan fingerprint density at radius 2 is 1.81 bits per heavy atom. The van der Waals surface area contributed by atoms with Gasteiger partial charge in [-0.1, -0.05) is 18.2 Å². The van der Waals surface area contributed by atoms with Crippen LogP contribution >= 0.6 is 0 Å². The summed E-state index contributed by atoms with van der Waals surface area (Å²) in [6.45, 7) is 5.70. The fraction of sp³-hybridized carbons (Fsp3) is 0.350. The van der Waals surface area contributed by atoms with Gasteiger partial charge in [-0.3, -0.25) is 0 Å². The fourth-order valence-electron chi connectivity index (χ4n) is 2.51. The number of benzene rings is 2. The maximum atomic E-state index is 12.5. The van der Waals surface area contributed by atoms with E-state index >= 15 is 0 Å². The summed E-state index contributed by atoms with van der Waals surface area (Å²) in [5, 5.41) is 12.7. The first kappa shape index (κ1) is 19.4. The van der Waals surface area contributed by atoms with Crippen molar-refractivity contribution in [2.24, 2.45) is 0 Å². The van der Waals surface area contributed by atoms with E-state index in [1.807, 2.05) is 38.1 Å². The molecular weight excluding hydrogens is 332 g/mol. The molecule has 2 amide bonds. The van der Waals surface area contributed by atoms with Crippen LogP contribution in [0.4, 0.5) is 4.79 Å². The van der Waals surface area contributed by atoms with Gasteiger partial charge in [0.1, 0.15) is 5.75 Å². The number of phenolic OH excluding ortho intramolecular Hbond substituents is 1. The molecule has 0 atom stereocenters. The van der Waals surface area contributed by atoms with Gasteiger partial charge >= 0.3 is 6.03 Å². The van der Waals surface area contributed by atoms with Gasteiger partial charge in [0.2, 0.25) is 0 Å². The predicted octanol–water partition coefficient (Wildman–Crippen LogP) is 3.53.